The lowest BCUT2D eigenvalue weighted by Crippen LogP contribution is -1.91. The summed E-state index contributed by atoms with van der Waals surface area (Å²) in [7, 11) is 0. The third-order valence-electron chi connectivity index (χ3n) is 8.02. The van der Waals surface area contributed by atoms with Crippen LogP contribution in [0.15, 0.2) is 132 Å². The minimum Gasteiger partial charge on any atom is -0.456 e. The molecule has 4 nitrogen and oxygen atoms in total. The van der Waals surface area contributed by atoms with E-state index in [1.54, 1.807) is 0 Å². The Morgan fingerprint density at radius 2 is 1.18 bits per heavy atom. The predicted molar refractivity (Wildman–Crippen MR) is 164 cm³/mol. The van der Waals surface area contributed by atoms with Crippen LogP contribution in [0, 0.1) is 0 Å². The highest BCUT2D eigenvalue weighted by Gasteiger charge is 2.17. The molecule has 0 radical (unpaired) electrons. The smallest absolute Gasteiger partial charge is 0.136 e. The van der Waals surface area contributed by atoms with Crippen LogP contribution in [0.5, 0.6) is 0 Å². The zero-order chi connectivity index (χ0) is 26.2. The molecule has 0 N–H and O–H groups in total. The third kappa shape index (κ3) is 3.01. The monoisotopic (exact) mass is 511 g/mol. The number of furan rings is 1. The maximum absolute atomic E-state index is 6.24. The van der Waals surface area contributed by atoms with Crippen LogP contribution >= 0.6 is 0 Å². The zero-order valence-corrected chi connectivity index (χ0v) is 21.4. The van der Waals surface area contributed by atoms with Crippen LogP contribution in [0.4, 0.5) is 0 Å². The van der Waals surface area contributed by atoms with Gasteiger partial charge < -0.3 is 4.42 Å². The standard InChI is InChI=1S/C36H21N3O/c1-5-11-30-25(7-1)31-19-17-24(21-39(31)38-30)22-13-15-23(16-14-22)36-28-18-20-33-35(27-9-3-6-12-32(27)40-33)34(28)26-8-2-4-10-29(26)37-36/h1-21H. The Morgan fingerprint density at radius 3 is 2.05 bits per heavy atom. The molecule has 40 heavy (non-hydrogen) atoms. The molecule has 0 aliphatic heterocycles. The highest BCUT2D eigenvalue weighted by molar-refractivity contribution is 6.28. The Kier molecular flexibility index (Phi) is 4.30. The van der Waals surface area contributed by atoms with E-state index in [1.165, 1.54) is 5.39 Å². The first-order valence-electron chi connectivity index (χ1n) is 13.4. The van der Waals surface area contributed by atoms with E-state index in [9.17, 15) is 0 Å². The molecule has 4 heteroatoms. The summed E-state index contributed by atoms with van der Waals surface area (Å²) in [4.78, 5) is 5.17. The molecule has 0 amide bonds. The van der Waals surface area contributed by atoms with Gasteiger partial charge in [0.1, 0.15) is 11.2 Å². The van der Waals surface area contributed by atoms with Crippen molar-refractivity contribution >= 4 is 60.0 Å². The van der Waals surface area contributed by atoms with Gasteiger partial charge in [0.15, 0.2) is 0 Å². The summed E-state index contributed by atoms with van der Waals surface area (Å²) < 4.78 is 8.22. The number of pyridine rings is 2. The van der Waals surface area contributed by atoms with Gasteiger partial charge in [0.25, 0.3) is 0 Å². The first kappa shape index (κ1) is 21.5. The molecule has 4 aromatic heterocycles. The Balaban J connectivity index is 1.24. The van der Waals surface area contributed by atoms with E-state index < -0.39 is 0 Å². The number of fused-ring (bicyclic) bond motifs is 10. The molecule has 0 atom stereocenters. The number of nitrogens with zero attached hydrogens (tertiary/aromatic N) is 3. The zero-order valence-electron chi connectivity index (χ0n) is 21.4. The van der Waals surface area contributed by atoms with Gasteiger partial charge in [-0.3, -0.25) is 0 Å². The van der Waals surface area contributed by atoms with Crippen molar-refractivity contribution in [2.45, 2.75) is 0 Å². The van der Waals surface area contributed by atoms with Crippen molar-refractivity contribution in [1.29, 1.82) is 0 Å². The summed E-state index contributed by atoms with van der Waals surface area (Å²) in [6.45, 7) is 0. The second-order valence-corrected chi connectivity index (χ2v) is 10.3. The molecule has 0 aliphatic rings. The molecule has 9 rings (SSSR count). The molecular formula is C36H21N3O. The van der Waals surface area contributed by atoms with E-state index >= 15 is 0 Å². The van der Waals surface area contributed by atoms with Crippen molar-refractivity contribution in [3.05, 3.63) is 128 Å². The molecule has 0 fully saturated rings. The fourth-order valence-electron chi connectivity index (χ4n) is 6.15. The summed E-state index contributed by atoms with van der Waals surface area (Å²) in [5, 5.41) is 11.6. The fraction of sp³-hybridized carbons (Fsp3) is 0. The number of rotatable bonds is 2. The first-order valence-corrected chi connectivity index (χ1v) is 13.4. The summed E-state index contributed by atoms with van der Waals surface area (Å²) in [5.41, 5.74) is 9.20. The quantitative estimate of drug-likeness (QED) is 0.217. The summed E-state index contributed by atoms with van der Waals surface area (Å²) in [6.07, 6.45) is 2.11. The Morgan fingerprint density at radius 1 is 0.475 bits per heavy atom. The largest absolute Gasteiger partial charge is 0.456 e. The van der Waals surface area contributed by atoms with Gasteiger partial charge in [0.05, 0.1) is 22.2 Å². The Hall–Kier alpha value is -5.48. The van der Waals surface area contributed by atoms with E-state index in [0.717, 1.165) is 77.0 Å². The number of para-hydroxylation sites is 2. The first-order chi connectivity index (χ1) is 19.8. The van der Waals surface area contributed by atoms with E-state index in [4.69, 9.17) is 14.5 Å². The molecule has 0 unspecified atom stereocenters. The van der Waals surface area contributed by atoms with E-state index in [-0.39, 0.29) is 0 Å². The maximum Gasteiger partial charge on any atom is 0.136 e. The van der Waals surface area contributed by atoms with Crippen molar-refractivity contribution in [2.24, 2.45) is 0 Å². The van der Waals surface area contributed by atoms with E-state index in [2.05, 4.69) is 109 Å². The highest BCUT2D eigenvalue weighted by Crippen LogP contribution is 2.41. The molecule has 0 bridgehead atoms. The van der Waals surface area contributed by atoms with Gasteiger partial charge in [-0.1, -0.05) is 84.9 Å². The molecule has 4 heterocycles. The van der Waals surface area contributed by atoms with Crippen LogP contribution in [-0.4, -0.2) is 14.6 Å². The van der Waals surface area contributed by atoms with Gasteiger partial charge in [-0.15, -0.1) is 0 Å². The van der Waals surface area contributed by atoms with Gasteiger partial charge in [-0.05, 0) is 42.0 Å². The van der Waals surface area contributed by atoms with E-state index in [1.807, 2.05) is 22.7 Å². The fourth-order valence-corrected chi connectivity index (χ4v) is 6.15. The van der Waals surface area contributed by atoms with Gasteiger partial charge in [0.2, 0.25) is 0 Å². The number of benzene rings is 5. The van der Waals surface area contributed by atoms with Gasteiger partial charge in [0, 0.05) is 49.6 Å². The number of hydrogen-bond donors (Lipinski definition) is 0. The van der Waals surface area contributed by atoms with Crippen LogP contribution < -0.4 is 0 Å². The SMILES string of the molecule is c1ccc2c(c1)nc(-c1ccc(-c3ccc4c5ccccc5nn4c3)cc1)c1ccc3oc4ccccc4c3c12. The van der Waals surface area contributed by atoms with Crippen LogP contribution in [0.1, 0.15) is 0 Å². The average Bonchev–Trinajstić information content (AvgIpc) is 3.58. The summed E-state index contributed by atoms with van der Waals surface area (Å²) in [5.74, 6) is 0. The summed E-state index contributed by atoms with van der Waals surface area (Å²) >= 11 is 0. The average molecular weight is 512 g/mol. The predicted octanol–water partition coefficient (Wildman–Crippen LogP) is 9.42. The third-order valence-corrected chi connectivity index (χ3v) is 8.02. The lowest BCUT2D eigenvalue weighted by Gasteiger charge is -2.12. The highest BCUT2D eigenvalue weighted by atomic mass is 16.3. The topological polar surface area (TPSA) is 43.3 Å². The van der Waals surface area contributed by atoms with Crippen molar-refractivity contribution < 1.29 is 4.42 Å². The second kappa shape index (κ2) is 8.01. The van der Waals surface area contributed by atoms with Gasteiger partial charge in [-0.25, -0.2) is 9.50 Å². The lowest BCUT2D eigenvalue weighted by atomic mass is 9.95. The Labute approximate surface area is 228 Å². The normalized spacial score (nSPS) is 12.0. The molecule has 186 valence electrons. The minimum atomic E-state index is 0.896. The van der Waals surface area contributed by atoms with E-state index in [0.29, 0.717) is 0 Å². The van der Waals surface area contributed by atoms with Crippen LogP contribution in [0.2, 0.25) is 0 Å². The molecule has 5 aromatic carbocycles. The maximum atomic E-state index is 6.24. The Bertz CT molecular complexity index is 2430. The molecule has 9 aromatic rings. The molecule has 0 spiro atoms. The van der Waals surface area contributed by atoms with Crippen molar-refractivity contribution in [2.75, 3.05) is 0 Å². The van der Waals surface area contributed by atoms with Crippen molar-refractivity contribution in [3.8, 4) is 22.4 Å². The number of hydrogen-bond acceptors (Lipinski definition) is 3. The lowest BCUT2D eigenvalue weighted by molar-refractivity contribution is 0.669. The summed E-state index contributed by atoms with van der Waals surface area (Å²) in [6, 6.07) is 42.2. The van der Waals surface area contributed by atoms with Gasteiger partial charge in [-0.2, -0.15) is 5.10 Å². The van der Waals surface area contributed by atoms with Crippen molar-refractivity contribution in [1.82, 2.24) is 14.6 Å². The van der Waals surface area contributed by atoms with Gasteiger partial charge >= 0.3 is 0 Å². The van der Waals surface area contributed by atoms with Crippen LogP contribution in [-0.2, 0) is 0 Å². The number of aromatic nitrogens is 3. The molecule has 0 saturated heterocycles. The molecule has 0 aliphatic carbocycles. The van der Waals surface area contributed by atoms with Crippen LogP contribution in [0.25, 0.3) is 82.4 Å². The minimum absolute atomic E-state index is 0.896. The molecular weight excluding hydrogens is 490 g/mol. The van der Waals surface area contributed by atoms with Crippen molar-refractivity contribution in [3.63, 3.8) is 0 Å². The second-order valence-electron chi connectivity index (χ2n) is 10.3. The van der Waals surface area contributed by atoms with Crippen LogP contribution in [0.3, 0.4) is 0 Å². The molecule has 0 saturated carbocycles.